The van der Waals surface area contributed by atoms with Gasteiger partial charge < -0.3 is 0 Å². The lowest BCUT2D eigenvalue weighted by molar-refractivity contribution is -0.142. The van der Waals surface area contributed by atoms with Crippen molar-refractivity contribution in [3.8, 4) is 0 Å². The summed E-state index contributed by atoms with van der Waals surface area (Å²) in [5.41, 5.74) is 5.16. The number of aryl methyl sites for hydroxylation is 2. The molecule has 1 saturated carbocycles. The average molecular weight is 337 g/mol. The maximum atomic E-state index is 13.0. The molecule has 24 heavy (non-hydrogen) atoms. The van der Waals surface area contributed by atoms with Crippen LogP contribution in [-0.2, 0) is 16.6 Å². The largest absolute Gasteiger partial charge is 0.435 e. The number of nitrogens with zero attached hydrogens (tertiary/aromatic N) is 2. The predicted octanol–water partition coefficient (Wildman–Crippen LogP) is 3.16. The lowest BCUT2D eigenvalue weighted by Crippen LogP contribution is -2.53. The maximum absolute atomic E-state index is 13.0. The van der Waals surface area contributed by atoms with Crippen LogP contribution in [0.3, 0.4) is 0 Å². The number of alkyl halides is 3. The van der Waals surface area contributed by atoms with Crippen LogP contribution in [0.4, 0.5) is 13.2 Å². The van der Waals surface area contributed by atoms with Gasteiger partial charge in [-0.15, -0.1) is 0 Å². The summed E-state index contributed by atoms with van der Waals surface area (Å²) in [6.07, 6.45) is -3.18. The number of Topliss-reactive ketones (excluding diaryl/α,β-unsaturated/α-hetero) is 1. The predicted molar refractivity (Wildman–Crippen MR) is 82.1 cm³/mol. The van der Waals surface area contributed by atoms with E-state index in [1.54, 1.807) is 18.2 Å². The Balaban J connectivity index is 2.19. The van der Waals surface area contributed by atoms with Crippen LogP contribution in [-0.4, -0.2) is 15.6 Å². The van der Waals surface area contributed by atoms with Gasteiger partial charge in [-0.1, -0.05) is 29.8 Å². The standard InChI is InChI=1S/C17H18F3N3O/c1-10-4-3-5-13(8-10)16(21,15(24)12-6-7-12)23-11(2)9-14(22-23)17(18,19)20/h3-5,8-9,12H,6-7,21H2,1-2H3. The molecule has 1 aromatic carbocycles. The Morgan fingerprint density at radius 1 is 1.25 bits per heavy atom. The highest BCUT2D eigenvalue weighted by Gasteiger charge is 2.48. The lowest BCUT2D eigenvalue weighted by Gasteiger charge is -2.30. The third-order valence-electron chi connectivity index (χ3n) is 4.29. The second-order valence-electron chi connectivity index (χ2n) is 6.35. The number of nitrogens with two attached hydrogens (primary N) is 1. The third-order valence-corrected chi connectivity index (χ3v) is 4.29. The summed E-state index contributed by atoms with van der Waals surface area (Å²) in [5, 5.41) is 3.64. The summed E-state index contributed by atoms with van der Waals surface area (Å²) in [6, 6.07) is 7.85. The van der Waals surface area contributed by atoms with Gasteiger partial charge in [0.1, 0.15) is 0 Å². The first kappa shape index (κ1) is 16.7. The fourth-order valence-electron chi connectivity index (χ4n) is 2.88. The minimum absolute atomic E-state index is 0.195. The number of ketones is 1. The number of aromatic nitrogens is 2. The summed E-state index contributed by atoms with van der Waals surface area (Å²) >= 11 is 0. The summed E-state index contributed by atoms with van der Waals surface area (Å²) in [6.45, 7) is 3.31. The minimum atomic E-state index is -4.59. The summed E-state index contributed by atoms with van der Waals surface area (Å²) in [4.78, 5) is 12.9. The molecule has 1 aliphatic carbocycles. The molecule has 3 rings (SSSR count). The topological polar surface area (TPSA) is 60.9 Å². The number of carbonyl (C=O) groups is 1. The van der Waals surface area contributed by atoms with Crippen molar-refractivity contribution in [3.63, 3.8) is 0 Å². The molecule has 1 atom stereocenters. The van der Waals surface area contributed by atoms with Crippen LogP contribution in [0.15, 0.2) is 30.3 Å². The van der Waals surface area contributed by atoms with Crippen LogP contribution in [0.25, 0.3) is 0 Å². The first-order valence-electron chi connectivity index (χ1n) is 7.68. The lowest BCUT2D eigenvalue weighted by atomic mass is 9.91. The van der Waals surface area contributed by atoms with Gasteiger partial charge in [-0.25, -0.2) is 4.68 Å². The van der Waals surface area contributed by atoms with E-state index < -0.39 is 17.5 Å². The van der Waals surface area contributed by atoms with Gasteiger partial charge in [0.25, 0.3) is 0 Å². The third kappa shape index (κ3) is 2.73. The Morgan fingerprint density at radius 2 is 1.92 bits per heavy atom. The Morgan fingerprint density at radius 3 is 2.42 bits per heavy atom. The number of benzene rings is 1. The monoisotopic (exact) mass is 337 g/mol. The van der Waals surface area contributed by atoms with Crippen molar-refractivity contribution in [2.75, 3.05) is 0 Å². The van der Waals surface area contributed by atoms with E-state index in [4.69, 9.17) is 5.73 Å². The smallest absolute Gasteiger partial charge is 0.297 e. The Labute approximate surface area is 137 Å². The van der Waals surface area contributed by atoms with E-state index in [0.29, 0.717) is 18.4 Å². The molecule has 2 N–H and O–H groups in total. The number of hydrogen-bond acceptors (Lipinski definition) is 3. The van der Waals surface area contributed by atoms with Crippen LogP contribution in [0.1, 0.15) is 35.4 Å². The van der Waals surface area contributed by atoms with E-state index in [9.17, 15) is 18.0 Å². The molecule has 128 valence electrons. The van der Waals surface area contributed by atoms with Crippen molar-refractivity contribution in [2.24, 2.45) is 11.7 Å². The molecule has 1 aromatic heterocycles. The highest BCUT2D eigenvalue weighted by Crippen LogP contribution is 2.39. The highest BCUT2D eigenvalue weighted by molar-refractivity contribution is 5.93. The molecule has 7 heteroatoms. The van der Waals surface area contributed by atoms with E-state index in [0.717, 1.165) is 16.3 Å². The van der Waals surface area contributed by atoms with E-state index in [-0.39, 0.29) is 17.4 Å². The first-order valence-corrected chi connectivity index (χ1v) is 7.68. The normalized spacial score (nSPS) is 17.6. The van der Waals surface area contributed by atoms with Gasteiger partial charge in [0, 0.05) is 17.2 Å². The summed E-state index contributed by atoms with van der Waals surface area (Å²) in [7, 11) is 0. The fraction of sp³-hybridized carbons (Fsp3) is 0.412. The van der Waals surface area contributed by atoms with Crippen LogP contribution >= 0.6 is 0 Å². The van der Waals surface area contributed by atoms with Gasteiger partial charge in [0.15, 0.2) is 17.1 Å². The van der Waals surface area contributed by atoms with Gasteiger partial charge in [0.05, 0.1) is 0 Å². The van der Waals surface area contributed by atoms with Gasteiger partial charge in [0.2, 0.25) is 0 Å². The zero-order chi connectivity index (χ0) is 17.7. The molecule has 0 amide bonds. The van der Waals surface area contributed by atoms with Crippen molar-refractivity contribution < 1.29 is 18.0 Å². The van der Waals surface area contributed by atoms with Crippen molar-refractivity contribution in [3.05, 3.63) is 52.8 Å². The average Bonchev–Trinajstić information content (AvgIpc) is 3.26. The molecule has 1 fully saturated rings. The fourth-order valence-corrected chi connectivity index (χ4v) is 2.88. The molecule has 1 unspecified atom stereocenters. The number of hydrogen-bond donors (Lipinski definition) is 1. The second kappa shape index (κ2) is 5.44. The molecule has 0 saturated heterocycles. The van der Waals surface area contributed by atoms with E-state index in [2.05, 4.69) is 5.10 Å². The molecular formula is C17H18F3N3O. The molecule has 4 nitrogen and oxygen atoms in total. The molecule has 0 bridgehead atoms. The molecule has 1 aliphatic rings. The molecule has 0 spiro atoms. The number of halogens is 3. The highest BCUT2D eigenvalue weighted by atomic mass is 19.4. The molecule has 0 radical (unpaired) electrons. The molecular weight excluding hydrogens is 319 g/mol. The van der Waals surface area contributed by atoms with Crippen LogP contribution in [0.5, 0.6) is 0 Å². The maximum Gasteiger partial charge on any atom is 0.435 e. The van der Waals surface area contributed by atoms with Crippen molar-refractivity contribution >= 4 is 5.78 Å². The van der Waals surface area contributed by atoms with E-state index in [1.165, 1.54) is 6.92 Å². The molecule has 1 heterocycles. The van der Waals surface area contributed by atoms with Crippen LogP contribution in [0.2, 0.25) is 0 Å². The Hall–Kier alpha value is -2.15. The SMILES string of the molecule is Cc1cccc(C(N)(C(=O)C2CC2)n2nc(C(F)(F)F)cc2C)c1. The summed E-state index contributed by atoms with van der Waals surface area (Å²) < 4.78 is 40.0. The minimum Gasteiger partial charge on any atom is -0.297 e. The van der Waals surface area contributed by atoms with Crippen LogP contribution in [0, 0.1) is 19.8 Å². The van der Waals surface area contributed by atoms with E-state index >= 15 is 0 Å². The second-order valence-corrected chi connectivity index (χ2v) is 6.35. The number of carbonyl (C=O) groups excluding carboxylic acids is 1. The van der Waals surface area contributed by atoms with Crippen molar-refractivity contribution in [1.82, 2.24) is 9.78 Å². The van der Waals surface area contributed by atoms with Gasteiger partial charge in [-0.3, -0.25) is 10.5 Å². The van der Waals surface area contributed by atoms with Crippen molar-refractivity contribution in [1.29, 1.82) is 0 Å². The Bertz CT molecular complexity index is 793. The summed E-state index contributed by atoms with van der Waals surface area (Å²) in [5.74, 6) is -0.526. The first-order chi connectivity index (χ1) is 11.1. The molecule has 0 aliphatic heterocycles. The Kier molecular flexibility index (Phi) is 3.79. The van der Waals surface area contributed by atoms with Crippen molar-refractivity contribution in [2.45, 2.75) is 38.5 Å². The van der Waals surface area contributed by atoms with Gasteiger partial charge in [-0.05, 0) is 32.8 Å². The van der Waals surface area contributed by atoms with Gasteiger partial charge in [-0.2, -0.15) is 18.3 Å². The zero-order valence-electron chi connectivity index (χ0n) is 13.4. The zero-order valence-corrected chi connectivity index (χ0v) is 13.4. The van der Waals surface area contributed by atoms with Crippen LogP contribution < -0.4 is 5.73 Å². The number of rotatable bonds is 4. The van der Waals surface area contributed by atoms with Gasteiger partial charge >= 0.3 is 6.18 Å². The molecule has 2 aromatic rings. The quantitative estimate of drug-likeness (QED) is 0.932. The van der Waals surface area contributed by atoms with E-state index in [1.807, 2.05) is 13.0 Å².